The predicted octanol–water partition coefficient (Wildman–Crippen LogP) is 0.698. The molecule has 0 rings (SSSR count). The molecule has 0 amide bonds. The first-order valence-electron chi connectivity index (χ1n) is 4.54. The van der Waals surface area contributed by atoms with Gasteiger partial charge in [0.15, 0.2) is 0 Å². The molecule has 5 N–H and O–H groups in total. The fraction of sp³-hybridized carbons (Fsp3) is 1.00. The van der Waals surface area contributed by atoms with E-state index < -0.39 is 0 Å². The highest BCUT2D eigenvalue weighted by atomic mass is 16.3. The Labute approximate surface area is 75.3 Å². The second kappa shape index (κ2) is 6.40. The molecular formula is C9H23NO2. The van der Waals surface area contributed by atoms with Crippen LogP contribution < -0.4 is 5.73 Å². The molecule has 76 valence electrons. The molecule has 3 heteroatoms. The Balaban J connectivity index is 0. The van der Waals surface area contributed by atoms with Gasteiger partial charge in [0.1, 0.15) is 0 Å². The summed E-state index contributed by atoms with van der Waals surface area (Å²) in [4.78, 5) is 0. The van der Waals surface area contributed by atoms with Gasteiger partial charge in [-0.1, -0.05) is 20.8 Å². The second-order valence-corrected chi connectivity index (χ2v) is 3.23. The molecule has 3 nitrogen and oxygen atoms in total. The third-order valence-corrected chi connectivity index (χ3v) is 2.84. The molecule has 0 aromatic rings. The molecule has 0 saturated heterocycles. The SMILES string of the molecule is CCC(CO)C(N)(CC)CC.O. The molecule has 0 aromatic heterocycles. The van der Waals surface area contributed by atoms with Crippen LogP contribution in [0.1, 0.15) is 40.0 Å². The number of aliphatic hydroxyl groups is 1. The van der Waals surface area contributed by atoms with Gasteiger partial charge in [0.2, 0.25) is 0 Å². The molecule has 0 spiro atoms. The molecule has 0 aliphatic rings. The van der Waals surface area contributed by atoms with Crippen molar-refractivity contribution in [3.63, 3.8) is 0 Å². The topological polar surface area (TPSA) is 77.8 Å². The van der Waals surface area contributed by atoms with E-state index in [1.165, 1.54) is 0 Å². The fourth-order valence-corrected chi connectivity index (χ4v) is 1.54. The van der Waals surface area contributed by atoms with Crippen LogP contribution in [0.4, 0.5) is 0 Å². The Hall–Kier alpha value is -0.120. The lowest BCUT2D eigenvalue weighted by molar-refractivity contribution is 0.139. The first kappa shape index (κ1) is 14.4. The summed E-state index contributed by atoms with van der Waals surface area (Å²) in [5.41, 5.74) is 5.95. The molecule has 0 aromatic carbocycles. The van der Waals surface area contributed by atoms with Gasteiger partial charge in [-0.15, -0.1) is 0 Å². The lowest BCUT2D eigenvalue weighted by Gasteiger charge is -2.34. The van der Waals surface area contributed by atoms with Crippen molar-refractivity contribution < 1.29 is 10.6 Å². The van der Waals surface area contributed by atoms with E-state index in [0.29, 0.717) is 0 Å². The zero-order valence-electron chi connectivity index (χ0n) is 8.43. The summed E-state index contributed by atoms with van der Waals surface area (Å²) < 4.78 is 0. The van der Waals surface area contributed by atoms with Gasteiger partial charge >= 0.3 is 0 Å². The van der Waals surface area contributed by atoms with Crippen molar-refractivity contribution in [2.45, 2.75) is 45.6 Å². The molecule has 0 heterocycles. The molecular weight excluding hydrogens is 154 g/mol. The average molecular weight is 177 g/mol. The van der Waals surface area contributed by atoms with E-state index in [1.54, 1.807) is 0 Å². The molecule has 0 saturated carbocycles. The first-order valence-corrected chi connectivity index (χ1v) is 4.54. The van der Waals surface area contributed by atoms with E-state index in [9.17, 15) is 0 Å². The van der Waals surface area contributed by atoms with Crippen LogP contribution in [0.5, 0.6) is 0 Å². The highest BCUT2D eigenvalue weighted by molar-refractivity contribution is 4.87. The number of nitrogens with two attached hydrogens (primary N) is 1. The largest absolute Gasteiger partial charge is 0.412 e. The third kappa shape index (κ3) is 3.09. The molecule has 0 aliphatic heterocycles. The van der Waals surface area contributed by atoms with Crippen LogP contribution in [0.3, 0.4) is 0 Å². The monoisotopic (exact) mass is 177 g/mol. The van der Waals surface area contributed by atoms with Crippen LogP contribution in [-0.4, -0.2) is 22.7 Å². The highest BCUT2D eigenvalue weighted by Crippen LogP contribution is 2.24. The van der Waals surface area contributed by atoms with Crippen molar-refractivity contribution in [1.82, 2.24) is 0 Å². The van der Waals surface area contributed by atoms with Gasteiger partial charge in [-0.05, 0) is 25.2 Å². The summed E-state index contributed by atoms with van der Waals surface area (Å²) in [6.45, 7) is 6.46. The van der Waals surface area contributed by atoms with Crippen molar-refractivity contribution >= 4 is 0 Å². The maximum absolute atomic E-state index is 9.04. The quantitative estimate of drug-likeness (QED) is 0.648. The van der Waals surface area contributed by atoms with E-state index in [4.69, 9.17) is 10.8 Å². The molecule has 0 bridgehead atoms. The van der Waals surface area contributed by atoms with Gasteiger partial charge in [0, 0.05) is 12.1 Å². The van der Waals surface area contributed by atoms with E-state index in [-0.39, 0.29) is 23.5 Å². The van der Waals surface area contributed by atoms with Crippen LogP contribution in [0.2, 0.25) is 0 Å². The Morgan fingerprint density at radius 2 is 1.67 bits per heavy atom. The van der Waals surface area contributed by atoms with Crippen molar-refractivity contribution in [2.24, 2.45) is 11.7 Å². The van der Waals surface area contributed by atoms with Gasteiger partial charge in [0.25, 0.3) is 0 Å². The Bertz CT molecular complexity index is 98.7. The summed E-state index contributed by atoms with van der Waals surface area (Å²) in [6.07, 6.45) is 2.86. The Morgan fingerprint density at radius 1 is 1.25 bits per heavy atom. The minimum Gasteiger partial charge on any atom is -0.412 e. The van der Waals surface area contributed by atoms with Crippen molar-refractivity contribution in [3.05, 3.63) is 0 Å². The zero-order valence-corrected chi connectivity index (χ0v) is 8.43. The molecule has 0 fully saturated rings. The summed E-state index contributed by atoms with van der Waals surface area (Å²) in [6, 6.07) is 0. The molecule has 12 heavy (non-hydrogen) atoms. The smallest absolute Gasteiger partial charge is 0.0476 e. The van der Waals surface area contributed by atoms with Crippen LogP contribution in [0, 0.1) is 5.92 Å². The lowest BCUT2D eigenvalue weighted by Crippen LogP contribution is -2.47. The van der Waals surface area contributed by atoms with Gasteiger partial charge in [0.05, 0.1) is 0 Å². The molecule has 0 aliphatic carbocycles. The average Bonchev–Trinajstić information content (AvgIpc) is 2.06. The van der Waals surface area contributed by atoms with Crippen LogP contribution in [-0.2, 0) is 0 Å². The summed E-state index contributed by atoms with van der Waals surface area (Å²) in [5, 5.41) is 9.04. The van der Waals surface area contributed by atoms with Crippen molar-refractivity contribution in [1.29, 1.82) is 0 Å². The number of hydrogen-bond acceptors (Lipinski definition) is 2. The van der Waals surface area contributed by atoms with Crippen LogP contribution >= 0.6 is 0 Å². The lowest BCUT2D eigenvalue weighted by atomic mass is 9.79. The number of aliphatic hydroxyl groups excluding tert-OH is 1. The third-order valence-electron chi connectivity index (χ3n) is 2.84. The maximum atomic E-state index is 9.04. The second-order valence-electron chi connectivity index (χ2n) is 3.23. The first-order chi connectivity index (χ1) is 5.14. The summed E-state index contributed by atoms with van der Waals surface area (Å²) >= 11 is 0. The van der Waals surface area contributed by atoms with Gasteiger partial charge in [-0.25, -0.2) is 0 Å². The Morgan fingerprint density at radius 3 is 1.75 bits per heavy atom. The van der Waals surface area contributed by atoms with Gasteiger partial charge in [-0.2, -0.15) is 0 Å². The van der Waals surface area contributed by atoms with Crippen molar-refractivity contribution in [3.8, 4) is 0 Å². The minimum atomic E-state index is -0.149. The molecule has 1 unspecified atom stereocenters. The van der Waals surface area contributed by atoms with Crippen molar-refractivity contribution in [2.75, 3.05) is 6.61 Å². The van der Waals surface area contributed by atoms with E-state index in [1.807, 2.05) is 0 Å². The van der Waals surface area contributed by atoms with E-state index >= 15 is 0 Å². The molecule has 1 atom stereocenters. The summed E-state index contributed by atoms with van der Waals surface area (Å²) in [5.74, 6) is 0.262. The van der Waals surface area contributed by atoms with Gasteiger partial charge in [-0.3, -0.25) is 0 Å². The predicted molar refractivity (Wildman–Crippen MR) is 52.0 cm³/mol. The maximum Gasteiger partial charge on any atom is 0.0476 e. The van der Waals surface area contributed by atoms with Crippen LogP contribution in [0.25, 0.3) is 0 Å². The minimum absolute atomic E-state index is 0. The number of hydrogen-bond donors (Lipinski definition) is 2. The van der Waals surface area contributed by atoms with Crippen LogP contribution in [0.15, 0.2) is 0 Å². The van der Waals surface area contributed by atoms with E-state index in [0.717, 1.165) is 19.3 Å². The number of rotatable bonds is 5. The summed E-state index contributed by atoms with van der Waals surface area (Å²) in [7, 11) is 0. The standard InChI is InChI=1S/C9H21NO.H2O/c1-4-8(7-11)9(10,5-2)6-3;/h8,11H,4-7,10H2,1-3H3;1H2. The highest BCUT2D eigenvalue weighted by Gasteiger charge is 2.29. The van der Waals surface area contributed by atoms with Gasteiger partial charge < -0.3 is 16.3 Å². The normalized spacial score (nSPS) is 13.8. The van der Waals surface area contributed by atoms with E-state index in [2.05, 4.69) is 20.8 Å². The Kier molecular flexibility index (Phi) is 7.69. The fourth-order valence-electron chi connectivity index (χ4n) is 1.54. The molecule has 0 radical (unpaired) electrons. The zero-order chi connectivity index (χ0) is 8.91.